The number of halogens is 1. The standard InChI is InChI=1S/C25H25IN2O2/c1-15-6-4-5-7-19(15)20-13-27-23(17(3)16(20)2)28-24(26)25(10-11-25)18-8-9-21-22(12-18)30-14-29-21/h4-9,12-13,24H,10-11,14H2,1-3H3,(H,27,28)/t24-/m0/s1. The Hall–Kier alpha value is -2.28. The number of anilines is 1. The molecule has 0 saturated heterocycles. The molecule has 0 unspecified atom stereocenters. The molecule has 1 aliphatic carbocycles. The van der Waals surface area contributed by atoms with Crippen molar-refractivity contribution in [2.75, 3.05) is 12.1 Å². The molecule has 5 heteroatoms. The van der Waals surface area contributed by atoms with Crippen molar-refractivity contribution in [3.63, 3.8) is 0 Å². The first-order valence-corrected chi connectivity index (χ1v) is 11.6. The maximum atomic E-state index is 5.60. The molecule has 1 aromatic heterocycles. The van der Waals surface area contributed by atoms with Crippen molar-refractivity contribution in [1.82, 2.24) is 4.98 Å². The van der Waals surface area contributed by atoms with Crippen molar-refractivity contribution >= 4 is 28.4 Å². The van der Waals surface area contributed by atoms with Crippen molar-refractivity contribution in [2.45, 2.75) is 43.1 Å². The average Bonchev–Trinajstić information content (AvgIpc) is 3.43. The van der Waals surface area contributed by atoms with E-state index in [0.717, 1.165) is 30.2 Å². The molecule has 1 atom stereocenters. The molecule has 1 aliphatic heterocycles. The van der Waals surface area contributed by atoms with Gasteiger partial charge in [-0.1, -0.05) is 52.9 Å². The molecule has 5 rings (SSSR count). The van der Waals surface area contributed by atoms with E-state index in [1.165, 1.54) is 33.4 Å². The molecule has 2 heterocycles. The van der Waals surface area contributed by atoms with E-state index in [2.05, 4.69) is 85.1 Å². The van der Waals surface area contributed by atoms with Crippen LogP contribution in [0.15, 0.2) is 48.7 Å². The second-order valence-electron chi connectivity index (χ2n) is 8.32. The summed E-state index contributed by atoms with van der Waals surface area (Å²) >= 11 is 2.53. The number of fused-ring (bicyclic) bond motifs is 1. The quantitative estimate of drug-likeness (QED) is 0.247. The van der Waals surface area contributed by atoms with Gasteiger partial charge in [-0.15, -0.1) is 0 Å². The summed E-state index contributed by atoms with van der Waals surface area (Å²) in [5, 5.41) is 3.72. The van der Waals surface area contributed by atoms with Crippen LogP contribution in [-0.4, -0.2) is 15.8 Å². The molecule has 0 bridgehead atoms. The summed E-state index contributed by atoms with van der Waals surface area (Å²) in [4.78, 5) is 4.83. The zero-order valence-electron chi connectivity index (χ0n) is 17.5. The summed E-state index contributed by atoms with van der Waals surface area (Å²) in [6.07, 6.45) is 4.33. The molecule has 154 valence electrons. The van der Waals surface area contributed by atoms with Gasteiger partial charge >= 0.3 is 0 Å². The Morgan fingerprint density at radius 3 is 2.50 bits per heavy atom. The van der Waals surface area contributed by atoms with Crippen LogP contribution in [0.1, 0.15) is 35.1 Å². The normalized spacial score (nSPS) is 16.9. The number of nitrogens with zero attached hydrogens (tertiary/aromatic N) is 1. The summed E-state index contributed by atoms with van der Waals surface area (Å²) in [7, 11) is 0. The molecule has 0 amide bonds. The topological polar surface area (TPSA) is 43.4 Å². The number of hydrogen-bond donors (Lipinski definition) is 1. The third kappa shape index (κ3) is 3.23. The second-order valence-corrected chi connectivity index (χ2v) is 9.56. The van der Waals surface area contributed by atoms with E-state index in [-0.39, 0.29) is 9.46 Å². The lowest BCUT2D eigenvalue weighted by Gasteiger charge is -2.26. The maximum Gasteiger partial charge on any atom is 0.231 e. The lowest BCUT2D eigenvalue weighted by atomic mass is 9.94. The minimum Gasteiger partial charge on any atom is -0.454 e. The number of nitrogens with one attached hydrogen (secondary N) is 1. The molecule has 2 aliphatic rings. The van der Waals surface area contributed by atoms with E-state index in [1.807, 2.05) is 12.3 Å². The molecule has 1 saturated carbocycles. The highest BCUT2D eigenvalue weighted by Gasteiger charge is 2.50. The summed E-state index contributed by atoms with van der Waals surface area (Å²) in [5.74, 6) is 2.67. The first-order chi connectivity index (χ1) is 14.5. The minimum atomic E-state index is 0.109. The van der Waals surface area contributed by atoms with Crippen LogP contribution in [0.2, 0.25) is 0 Å². The summed E-state index contributed by atoms with van der Waals surface area (Å²) in [6, 6.07) is 14.9. The van der Waals surface area contributed by atoms with Gasteiger partial charge in [-0.05, 0) is 73.6 Å². The monoisotopic (exact) mass is 512 g/mol. The van der Waals surface area contributed by atoms with Crippen LogP contribution in [0.25, 0.3) is 11.1 Å². The Bertz CT molecular complexity index is 1120. The zero-order chi connectivity index (χ0) is 20.9. The van der Waals surface area contributed by atoms with Crippen LogP contribution in [0.4, 0.5) is 5.82 Å². The van der Waals surface area contributed by atoms with Crippen LogP contribution >= 0.6 is 22.6 Å². The second kappa shape index (κ2) is 7.45. The fourth-order valence-corrected chi connectivity index (χ4v) is 5.56. The smallest absolute Gasteiger partial charge is 0.231 e. The Kier molecular flexibility index (Phi) is 4.88. The molecular weight excluding hydrogens is 487 g/mol. The van der Waals surface area contributed by atoms with E-state index >= 15 is 0 Å². The third-order valence-electron chi connectivity index (χ3n) is 6.56. The molecule has 3 aromatic rings. The van der Waals surface area contributed by atoms with Gasteiger partial charge in [0.15, 0.2) is 11.5 Å². The Morgan fingerprint density at radius 2 is 1.73 bits per heavy atom. The fraction of sp³-hybridized carbons (Fsp3) is 0.320. The van der Waals surface area contributed by atoms with Gasteiger partial charge in [0.05, 0.1) is 4.05 Å². The van der Waals surface area contributed by atoms with Crippen molar-refractivity contribution in [2.24, 2.45) is 0 Å². The van der Waals surface area contributed by atoms with Gasteiger partial charge in [-0.25, -0.2) is 4.98 Å². The van der Waals surface area contributed by atoms with E-state index in [1.54, 1.807) is 0 Å². The van der Waals surface area contributed by atoms with Gasteiger partial charge in [0.1, 0.15) is 5.82 Å². The van der Waals surface area contributed by atoms with Crippen LogP contribution in [-0.2, 0) is 5.41 Å². The average molecular weight is 512 g/mol. The van der Waals surface area contributed by atoms with Gasteiger partial charge in [0.25, 0.3) is 0 Å². The van der Waals surface area contributed by atoms with Crippen molar-refractivity contribution < 1.29 is 9.47 Å². The van der Waals surface area contributed by atoms with Crippen LogP contribution in [0.5, 0.6) is 11.5 Å². The zero-order valence-corrected chi connectivity index (χ0v) is 19.6. The van der Waals surface area contributed by atoms with Gasteiger partial charge in [0.2, 0.25) is 6.79 Å². The highest BCUT2D eigenvalue weighted by molar-refractivity contribution is 14.1. The SMILES string of the molecule is Cc1ccccc1-c1cnc(N[C@H](I)C2(c3ccc4c(c3)OCO4)CC2)c(C)c1C. The van der Waals surface area contributed by atoms with Crippen LogP contribution in [0.3, 0.4) is 0 Å². The number of hydrogen-bond acceptors (Lipinski definition) is 4. The number of rotatable bonds is 5. The van der Waals surface area contributed by atoms with Crippen LogP contribution < -0.4 is 14.8 Å². The summed E-state index contributed by atoms with van der Waals surface area (Å²) in [5.41, 5.74) is 7.63. The minimum absolute atomic E-state index is 0.109. The number of aromatic nitrogens is 1. The molecule has 4 nitrogen and oxygen atoms in total. The molecule has 1 fully saturated rings. The summed E-state index contributed by atoms with van der Waals surface area (Å²) < 4.78 is 11.3. The number of alkyl halides is 1. The Balaban J connectivity index is 1.42. The molecule has 30 heavy (non-hydrogen) atoms. The first-order valence-electron chi connectivity index (χ1n) is 10.3. The van der Waals surface area contributed by atoms with Gasteiger partial charge in [0, 0.05) is 17.2 Å². The molecule has 2 aromatic carbocycles. The summed E-state index contributed by atoms with van der Waals surface area (Å²) in [6.45, 7) is 6.82. The van der Waals surface area contributed by atoms with E-state index < -0.39 is 0 Å². The predicted molar refractivity (Wildman–Crippen MR) is 129 cm³/mol. The number of pyridine rings is 1. The fourth-order valence-electron chi connectivity index (χ4n) is 4.28. The molecule has 1 N–H and O–H groups in total. The van der Waals surface area contributed by atoms with Crippen molar-refractivity contribution in [1.29, 1.82) is 0 Å². The maximum absolute atomic E-state index is 5.60. The van der Waals surface area contributed by atoms with E-state index in [9.17, 15) is 0 Å². The van der Waals surface area contributed by atoms with Crippen molar-refractivity contribution in [3.8, 4) is 22.6 Å². The van der Waals surface area contributed by atoms with E-state index in [4.69, 9.17) is 14.5 Å². The predicted octanol–water partition coefficient (Wildman–Crippen LogP) is 6.31. The molecular formula is C25H25IN2O2. The van der Waals surface area contributed by atoms with Gasteiger partial charge in [-0.2, -0.15) is 0 Å². The number of aryl methyl sites for hydroxylation is 1. The molecule has 0 spiro atoms. The lowest BCUT2D eigenvalue weighted by Crippen LogP contribution is -2.29. The number of benzene rings is 2. The highest BCUT2D eigenvalue weighted by Crippen LogP contribution is 2.55. The van der Waals surface area contributed by atoms with Gasteiger partial charge < -0.3 is 14.8 Å². The largest absolute Gasteiger partial charge is 0.454 e. The Labute approximate surface area is 191 Å². The van der Waals surface area contributed by atoms with Gasteiger partial charge in [-0.3, -0.25) is 0 Å². The van der Waals surface area contributed by atoms with Crippen LogP contribution in [0, 0.1) is 20.8 Å². The lowest BCUT2D eigenvalue weighted by molar-refractivity contribution is 0.174. The Morgan fingerprint density at radius 1 is 0.967 bits per heavy atom. The number of ether oxygens (including phenoxy) is 2. The first kappa shape index (κ1) is 19.7. The van der Waals surface area contributed by atoms with Crippen molar-refractivity contribution in [3.05, 3.63) is 70.9 Å². The molecule has 0 radical (unpaired) electrons. The van der Waals surface area contributed by atoms with E-state index in [0.29, 0.717) is 6.79 Å². The highest BCUT2D eigenvalue weighted by atomic mass is 127. The third-order valence-corrected chi connectivity index (χ3v) is 8.07.